The van der Waals surface area contributed by atoms with E-state index in [1.807, 2.05) is 0 Å². The summed E-state index contributed by atoms with van der Waals surface area (Å²) in [5.74, 6) is 0.516. The maximum absolute atomic E-state index is 7.32. The van der Waals surface area contributed by atoms with E-state index in [1.54, 1.807) is 13.3 Å². The average molecular weight is 125 g/mol. The fraction of sp³-hybridized carbons (Fsp3) is 0.667. The number of nitrogens with one attached hydrogen (secondary N) is 2. The Labute approximate surface area is 54.7 Å². The number of rotatable bonds is 3. The van der Waals surface area contributed by atoms with Crippen LogP contribution in [0.2, 0.25) is 0 Å². The molecule has 0 aromatic carbocycles. The molecule has 3 nitrogen and oxygen atoms in total. The molecule has 9 heavy (non-hydrogen) atoms. The average Bonchev–Trinajstić information content (AvgIpc) is 2.63. The molecule has 0 amide bonds. The molecule has 0 spiro atoms. The van der Waals surface area contributed by atoms with Gasteiger partial charge in [0.15, 0.2) is 0 Å². The molecule has 1 rings (SSSR count). The van der Waals surface area contributed by atoms with E-state index in [0.29, 0.717) is 11.6 Å². The molecule has 0 heterocycles. The van der Waals surface area contributed by atoms with E-state index in [1.165, 1.54) is 12.8 Å². The van der Waals surface area contributed by atoms with Gasteiger partial charge < -0.3 is 10.8 Å². The van der Waals surface area contributed by atoms with Crippen molar-refractivity contribution in [3.8, 4) is 0 Å². The molecule has 0 aliphatic heterocycles. The second-order valence-electron chi connectivity index (χ2n) is 2.21. The van der Waals surface area contributed by atoms with Gasteiger partial charge in [-0.2, -0.15) is 5.10 Å². The predicted molar refractivity (Wildman–Crippen MR) is 38.0 cm³/mol. The quantitative estimate of drug-likeness (QED) is 0.421. The minimum atomic E-state index is 0.516. The number of hydrogen-bond donors (Lipinski definition) is 2. The molecule has 1 aliphatic carbocycles. The molecule has 2 N–H and O–H groups in total. The summed E-state index contributed by atoms with van der Waals surface area (Å²) in [6, 6.07) is 0. The Morgan fingerprint density at radius 1 is 1.78 bits per heavy atom. The highest BCUT2D eigenvalue weighted by atomic mass is 15.3. The molecule has 0 unspecified atom stereocenters. The van der Waals surface area contributed by atoms with E-state index in [0.717, 1.165) is 0 Å². The lowest BCUT2D eigenvalue weighted by Gasteiger charge is -1.88. The van der Waals surface area contributed by atoms with Gasteiger partial charge in [0.1, 0.15) is 0 Å². The summed E-state index contributed by atoms with van der Waals surface area (Å²) in [5.41, 5.74) is 3.27. The highest BCUT2D eigenvalue weighted by Crippen LogP contribution is 2.29. The third kappa shape index (κ3) is 1.83. The maximum atomic E-state index is 7.32. The zero-order valence-electron chi connectivity index (χ0n) is 5.52. The molecule has 0 aromatic rings. The molecule has 50 valence electrons. The molecule has 3 heteroatoms. The molecule has 0 radical (unpaired) electrons. The standard InChI is InChI=1S/C6H11N3/c1-8-9-4-6(7)5-2-3-5/h4-5,7-8H,2-3H2,1H3/b7-6?,9-4-. The lowest BCUT2D eigenvalue weighted by molar-refractivity contribution is 0.908. The van der Waals surface area contributed by atoms with E-state index in [2.05, 4.69) is 10.5 Å². The first-order valence-electron chi connectivity index (χ1n) is 3.13. The summed E-state index contributed by atoms with van der Waals surface area (Å²) in [7, 11) is 1.73. The SMILES string of the molecule is CN/N=C\C(=N)C1CC1. The molecule has 1 aliphatic rings. The van der Waals surface area contributed by atoms with Crippen molar-refractivity contribution < 1.29 is 0 Å². The van der Waals surface area contributed by atoms with Crippen LogP contribution in [0.4, 0.5) is 0 Å². The van der Waals surface area contributed by atoms with Crippen LogP contribution in [0.25, 0.3) is 0 Å². The van der Waals surface area contributed by atoms with Crippen molar-refractivity contribution in [2.75, 3.05) is 7.05 Å². The van der Waals surface area contributed by atoms with Crippen molar-refractivity contribution in [3.05, 3.63) is 0 Å². The van der Waals surface area contributed by atoms with Gasteiger partial charge in [-0.05, 0) is 12.8 Å². The summed E-state index contributed by atoms with van der Waals surface area (Å²) >= 11 is 0. The van der Waals surface area contributed by atoms with Crippen LogP contribution >= 0.6 is 0 Å². The Morgan fingerprint density at radius 3 is 2.89 bits per heavy atom. The van der Waals surface area contributed by atoms with Crippen LogP contribution in [0.1, 0.15) is 12.8 Å². The second kappa shape index (κ2) is 2.62. The normalized spacial score (nSPS) is 18.3. The van der Waals surface area contributed by atoms with E-state index in [9.17, 15) is 0 Å². The van der Waals surface area contributed by atoms with Gasteiger partial charge in [0.05, 0.1) is 11.9 Å². The van der Waals surface area contributed by atoms with Gasteiger partial charge in [-0.15, -0.1) is 0 Å². The largest absolute Gasteiger partial charge is 0.313 e. The molecular weight excluding hydrogens is 114 g/mol. The van der Waals surface area contributed by atoms with Crippen LogP contribution in [-0.2, 0) is 0 Å². The Balaban J connectivity index is 2.25. The second-order valence-corrected chi connectivity index (χ2v) is 2.21. The first-order chi connectivity index (χ1) is 4.34. The van der Waals surface area contributed by atoms with Crippen molar-refractivity contribution in [1.29, 1.82) is 5.41 Å². The number of hydrazone groups is 1. The van der Waals surface area contributed by atoms with E-state index in [-0.39, 0.29) is 0 Å². The Morgan fingerprint density at radius 2 is 2.44 bits per heavy atom. The summed E-state index contributed by atoms with van der Waals surface area (Å²) in [6.07, 6.45) is 3.93. The molecular formula is C6H11N3. The maximum Gasteiger partial charge on any atom is 0.0678 e. The van der Waals surface area contributed by atoms with Crippen molar-refractivity contribution in [1.82, 2.24) is 5.43 Å². The van der Waals surface area contributed by atoms with Gasteiger partial charge in [0.2, 0.25) is 0 Å². The molecule has 0 aromatic heterocycles. The molecule has 0 atom stereocenters. The summed E-state index contributed by atoms with van der Waals surface area (Å²) in [4.78, 5) is 0. The van der Waals surface area contributed by atoms with Gasteiger partial charge in [-0.25, -0.2) is 0 Å². The van der Waals surface area contributed by atoms with Gasteiger partial charge in [0, 0.05) is 13.0 Å². The van der Waals surface area contributed by atoms with Gasteiger partial charge in [-0.3, -0.25) is 0 Å². The first-order valence-corrected chi connectivity index (χ1v) is 3.13. The van der Waals surface area contributed by atoms with E-state index in [4.69, 9.17) is 5.41 Å². The van der Waals surface area contributed by atoms with Crippen LogP contribution in [0.3, 0.4) is 0 Å². The van der Waals surface area contributed by atoms with Crippen LogP contribution in [0.5, 0.6) is 0 Å². The summed E-state index contributed by atoms with van der Waals surface area (Å²) < 4.78 is 0. The fourth-order valence-corrected chi connectivity index (χ4v) is 0.634. The van der Waals surface area contributed by atoms with Crippen molar-refractivity contribution in [3.63, 3.8) is 0 Å². The van der Waals surface area contributed by atoms with Crippen LogP contribution in [0, 0.1) is 11.3 Å². The van der Waals surface area contributed by atoms with Gasteiger partial charge in [-0.1, -0.05) is 0 Å². The lowest BCUT2D eigenvalue weighted by atomic mass is 10.3. The van der Waals surface area contributed by atoms with Gasteiger partial charge in [0.25, 0.3) is 0 Å². The number of hydrogen-bond acceptors (Lipinski definition) is 3. The Kier molecular flexibility index (Phi) is 1.82. The smallest absolute Gasteiger partial charge is 0.0678 e. The van der Waals surface area contributed by atoms with Gasteiger partial charge >= 0.3 is 0 Å². The monoisotopic (exact) mass is 125 g/mol. The third-order valence-corrected chi connectivity index (χ3v) is 1.35. The minimum Gasteiger partial charge on any atom is -0.313 e. The fourth-order valence-electron chi connectivity index (χ4n) is 0.634. The summed E-state index contributed by atoms with van der Waals surface area (Å²) in [5, 5.41) is 11.1. The zero-order chi connectivity index (χ0) is 6.69. The zero-order valence-corrected chi connectivity index (χ0v) is 5.52. The van der Waals surface area contributed by atoms with Crippen molar-refractivity contribution in [2.45, 2.75) is 12.8 Å². The highest BCUT2D eigenvalue weighted by molar-refractivity contribution is 6.30. The third-order valence-electron chi connectivity index (χ3n) is 1.35. The Hall–Kier alpha value is -0.860. The molecule has 0 bridgehead atoms. The molecule has 0 saturated heterocycles. The predicted octanol–water partition coefficient (Wildman–Crippen LogP) is 0.621. The lowest BCUT2D eigenvalue weighted by Crippen LogP contribution is -2.04. The topological polar surface area (TPSA) is 48.2 Å². The van der Waals surface area contributed by atoms with E-state index >= 15 is 0 Å². The van der Waals surface area contributed by atoms with E-state index < -0.39 is 0 Å². The molecule has 1 fully saturated rings. The summed E-state index contributed by atoms with van der Waals surface area (Å²) in [6.45, 7) is 0. The molecule has 1 saturated carbocycles. The number of nitrogens with zero attached hydrogens (tertiary/aromatic N) is 1. The van der Waals surface area contributed by atoms with Crippen LogP contribution in [0.15, 0.2) is 5.10 Å². The first kappa shape index (κ1) is 6.26. The van der Waals surface area contributed by atoms with Crippen LogP contribution < -0.4 is 5.43 Å². The van der Waals surface area contributed by atoms with Crippen LogP contribution in [-0.4, -0.2) is 19.0 Å². The Bertz CT molecular complexity index is 135. The highest BCUT2D eigenvalue weighted by Gasteiger charge is 2.24. The van der Waals surface area contributed by atoms with Crippen molar-refractivity contribution >= 4 is 11.9 Å². The minimum absolute atomic E-state index is 0.516. The van der Waals surface area contributed by atoms with Crippen molar-refractivity contribution in [2.24, 2.45) is 11.0 Å².